The van der Waals surface area contributed by atoms with Gasteiger partial charge in [0.1, 0.15) is 24.4 Å². The molecule has 1 aromatic heterocycles. The van der Waals surface area contributed by atoms with Gasteiger partial charge in [0.15, 0.2) is 11.5 Å². The molecule has 2 heterocycles. The molecule has 3 rings (SSSR count). The molecule has 2 aromatic rings. The van der Waals surface area contributed by atoms with E-state index in [0.29, 0.717) is 5.52 Å². The fraction of sp³-hybridized carbons (Fsp3) is 0.429. The van der Waals surface area contributed by atoms with Gasteiger partial charge in [-0.25, -0.2) is 0 Å². The van der Waals surface area contributed by atoms with Crippen molar-refractivity contribution in [2.24, 2.45) is 0 Å². The van der Waals surface area contributed by atoms with Crippen molar-refractivity contribution in [2.45, 2.75) is 30.7 Å². The lowest BCUT2D eigenvalue weighted by atomic mass is 9.99. The average Bonchev–Trinajstić information content (AvgIpc) is 2.95. The molecule has 0 spiro atoms. The Morgan fingerprint density at radius 1 is 1.14 bits per heavy atom. The summed E-state index contributed by atoms with van der Waals surface area (Å²) < 4.78 is 10.6. The van der Waals surface area contributed by atoms with E-state index in [0.717, 1.165) is 5.39 Å². The highest BCUT2D eigenvalue weighted by Crippen LogP contribution is 2.33. The molecule has 0 saturated carbocycles. The third-order valence-electron chi connectivity index (χ3n) is 3.72. The third-order valence-corrected chi connectivity index (χ3v) is 3.72. The molecule has 8 nitrogen and oxygen atoms in total. The summed E-state index contributed by atoms with van der Waals surface area (Å²) in [6.07, 6.45) is -5.23. The first-order valence-corrected chi connectivity index (χ1v) is 6.78. The summed E-state index contributed by atoms with van der Waals surface area (Å²) in [5, 5.41) is 49.2. The number of aromatic nitrogens is 1. The van der Waals surface area contributed by atoms with Gasteiger partial charge >= 0.3 is 0 Å². The second kappa shape index (κ2) is 5.75. The molecule has 0 bridgehead atoms. The Morgan fingerprint density at radius 3 is 2.64 bits per heavy atom. The topological polar surface area (TPSA) is 135 Å². The van der Waals surface area contributed by atoms with Crippen molar-refractivity contribution in [3.8, 4) is 11.5 Å². The maximum Gasteiger partial charge on any atom is 0.229 e. The van der Waals surface area contributed by atoms with Crippen molar-refractivity contribution in [3.05, 3.63) is 24.4 Å². The summed E-state index contributed by atoms with van der Waals surface area (Å²) in [6, 6.07) is 4.77. The molecule has 1 aromatic carbocycles. The van der Waals surface area contributed by atoms with Crippen LogP contribution in [0.4, 0.5) is 0 Å². The molecule has 8 heteroatoms. The van der Waals surface area contributed by atoms with Gasteiger partial charge in [0.05, 0.1) is 6.61 Å². The van der Waals surface area contributed by atoms with E-state index in [1.54, 1.807) is 18.3 Å². The number of benzene rings is 1. The van der Waals surface area contributed by atoms with E-state index >= 15 is 0 Å². The fourth-order valence-corrected chi connectivity index (χ4v) is 2.45. The van der Waals surface area contributed by atoms with Crippen LogP contribution in [0.15, 0.2) is 24.4 Å². The van der Waals surface area contributed by atoms with Gasteiger partial charge in [-0.2, -0.15) is 0 Å². The number of aromatic amines is 1. The lowest BCUT2D eigenvalue weighted by molar-refractivity contribution is -0.277. The number of aromatic hydroxyl groups is 1. The van der Waals surface area contributed by atoms with Crippen LogP contribution < -0.4 is 4.74 Å². The van der Waals surface area contributed by atoms with Crippen LogP contribution in [-0.2, 0) is 4.74 Å². The van der Waals surface area contributed by atoms with E-state index in [1.807, 2.05) is 0 Å². The molecule has 1 saturated heterocycles. The van der Waals surface area contributed by atoms with Gasteiger partial charge in [-0.1, -0.05) is 0 Å². The highest BCUT2D eigenvalue weighted by Gasteiger charge is 2.44. The average molecular weight is 311 g/mol. The molecule has 0 unspecified atom stereocenters. The number of phenolic OH excluding ortho intramolecular Hbond substituents is 1. The van der Waals surface area contributed by atoms with Crippen LogP contribution in [0.3, 0.4) is 0 Å². The predicted octanol–water partition coefficient (Wildman–Crippen LogP) is -0.948. The normalized spacial score (nSPS) is 32.3. The second-order valence-corrected chi connectivity index (χ2v) is 5.20. The van der Waals surface area contributed by atoms with Crippen molar-refractivity contribution >= 4 is 10.9 Å². The molecular formula is C14H17NO7. The van der Waals surface area contributed by atoms with Gasteiger partial charge in [0.25, 0.3) is 0 Å². The fourth-order valence-electron chi connectivity index (χ4n) is 2.45. The van der Waals surface area contributed by atoms with Gasteiger partial charge in [0, 0.05) is 23.2 Å². The predicted molar refractivity (Wildman–Crippen MR) is 74.4 cm³/mol. The van der Waals surface area contributed by atoms with Crippen LogP contribution in [0.2, 0.25) is 0 Å². The van der Waals surface area contributed by atoms with Crippen molar-refractivity contribution in [2.75, 3.05) is 6.61 Å². The number of phenols is 1. The number of rotatable bonds is 3. The Kier molecular flexibility index (Phi) is 3.94. The number of nitrogens with one attached hydrogen (secondary N) is 1. The Balaban J connectivity index is 1.85. The summed E-state index contributed by atoms with van der Waals surface area (Å²) in [6.45, 7) is -0.548. The lowest BCUT2D eigenvalue weighted by Gasteiger charge is -2.39. The summed E-state index contributed by atoms with van der Waals surface area (Å²) in [4.78, 5) is 2.93. The van der Waals surface area contributed by atoms with E-state index in [4.69, 9.17) is 14.6 Å². The van der Waals surface area contributed by atoms with E-state index in [2.05, 4.69) is 4.98 Å². The minimum Gasteiger partial charge on any atom is -0.504 e. The van der Waals surface area contributed by atoms with E-state index in [1.165, 1.54) is 6.07 Å². The molecule has 120 valence electrons. The lowest BCUT2D eigenvalue weighted by Crippen LogP contribution is -2.60. The summed E-state index contributed by atoms with van der Waals surface area (Å²) in [5.74, 6) is -0.122. The molecule has 0 amide bonds. The third kappa shape index (κ3) is 2.51. The van der Waals surface area contributed by atoms with Crippen LogP contribution in [0.25, 0.3) is 10.9 Å². The molecule has 1 aliphatic heterocycles. The number of hydrogen-bond donors (Lipinski definition) is 6. The first-order chi connectivity index (χ1) is 10.5. The second-order valence-electron chi connectivity index (χ2n) is 5.20. The molecular weight excluding hydrogens is 294 g/mol. The van der Waals surface area contributed by atoms with Gasteiger partial charge in [-0.3, -0.25) is 0 Å². The zero-order chi connectivity index (χ0) is 15.9. The Labute approximate surface area is 125 Å². The van der Waals surface area contributed by atoms with E-state index in [-0.39, 0.29) is 11.5 Å². The number of H-pyrrole nitrogens is 1. The van der Waals surface area contributed by atoms with Crippen LogP contribution in [0.1, 0.15) is 0 Å². The zero-order valence-electron chi connectivity index (χ0n) is 11.5. The minimum absolute atomic E-state index is 0.0522. The van der Waals surface area contributed by atoms with E-state index < -0.39 is 37.3 Å². The number of hydrogen-bond acceptors (Lipinski definition) is 7. The quantitative estimate of drug-likeness (QED) is 0.430. The Bertz CT molecular complexity index is 656. The molecule has 0 radical (unpaired) electrons. The van der Waals surface area contributed by atoms with Crippen LogP contribution in [-0.4, -0.2) is 67.8 Å². The molecule has 0 aliphatic carbocycles. The van der Waals surface area contributed by atoms with Crippen LogP contribution in [0.5, 0.6) is 11.5 Å². The number of aliphatic hydroxyl groups is 4. The zero-order valence-corrected chi connectivity index (χ0v) is 11.5. The monoisotopic (exact) mass is 311 g/mol. The Morgan fingerprint density at radius 2 is 1.91 bits per heavy atom. The number of ether oxygens (including phenoxy) is 2. The van der Waals surface area contributed by atoms with E-state index in [9.17, 15) is 20.4 Å². The van der Waals surface area contributed by atoms with Crippen molar-refractivity contribution in [1.29, 1.82) is 0 Å². The first-order valence-electron chi connectivity index (χ1n) is 6.78. The largest absolute Gasteiger partial charge is 0.504 e. The standard InChI is InChI=1S/C14H17NO7/c16-5-10-11(18)12(19)13(20)14(22-10)21-9-3-6-1-2-15-7(6)4-8(9)17/h1-4,10-20H,5H2/t10-,11-,12+,13-,14-/m1/s1. The van der Waals surface area contributed by atoms with Gasteiger partial charge in [0.2, 0.25) is 6.29 Å². The number of fused-ring (bicyclic) bond motifs is 1. The minimum atomic E-state index is -1.53. The first kappa shape index (κ1) is 15.1. The molecule has 1 aliphatic rings. The smallest absolute Gasteiger partial charge is 0.229 e. The van der Waals surface area contributed by atoms with Crippen molar-refractivity contribution < 1.29 is 35.0 Å². The highest BCUT2D eigenvalue weighted by atomic mass is 16.7. The van der Waals surface area contributed by atoms with Crippen LogP contribution >= 0.6 is 0 Å². The van der Waals surface area contributed by atoms with Gasteiger partial charge in [-0.15, -0.1) is 0 Å². The maximum atomic E-state index is 9.94. The van der Waals surface area contributed by atoms with Crippen LogP contribution in [0, 0.1) is 0 Å². The van der Waals surface area contributed by atoms with Crippen molar-refractivity contribution in [1.82, 2.24) is 4.98 Å². The Hall–Kier alpha value is -1.84. The van der Waals surface area contributed by atoms with Gasteiger partial charge < -0.3 is 40.0 Å². The molecule has 6 N–H and O–H groups in total. The highest BCUT2D eigenvalue weighted by molar-refractivity contribution is 5.83. The SMILES string of the molecule is OC[C@H]1O[C@@H](Oc2cc3cc[nH]c3cc2O)[C@H](O)[C@@H](O)[C@@H]1O. The summed E-state index contributed by atoms with van der Waals surface area (Å²) in [5.41, 5.74) is 0.707. The molecule has 5 atom stereocenters. The maximum absolute atomic E-state index is 9.94. The van der Waals surface area contributed by atoms with Gasteiger partial charge in [-0.05, 0) is 12.1 Å². The summed E-state index contributed by atoms with van der Waals surface area (Å²) in [7, 11) is 0. The summed E-state index contributed by atoms with van der Waals surface area (Å²) >= 11 is 0. The molecule has 22 heavy (non-hydrogen) atoms. The molecule has 1 fully saturated rings. The van der Waals surface area contributed by atoms with Crippen molar-refractivity contribution in [3.63, 3.8) is 0 Å². The number of aliphatic hydroxyl groups excluding tert-OH is 4.